The Morgan fingerprint density at radius 1 is 0.476 bits per heavy atom. The van der Waals surface area contributed by atoms with Gasteiger partial charge >= 0.3 is 0 Å². The molecule has 0 unspecified atom stereocenters. The molecule has 0 aliphatic heterocycles. The quantitative estimate of drug-likeness (QED) is 0.359. The van der Waals surface area contributed by atoms with Crippen LogP contribution >= 0.6 is 0 Å². The number of hydrogen-bond acceptors (Lipinski definition) is 1. The average Bonchev–Trinajstić information content (AvgIpc) is 2.40. The largest absolute Gasteiger partial charge is 0.367 e. The molecule has 0 aromatic carbocycles. The summed E-state index contributed by atoms with van der Waals surface area (Å²) in [6.07, 6.45) is 15.9. The molecule has 0 aromatic rings. The molecule has 116 valence electrons. The molecule has 0 aromatic heterocycles. The van der Waals surface area contributed by atoms with E-state index in [9.17, 15) is 0 Å². The van der Waals surface area contributed by atoms with Gasteiger partial charge in [-0.15, -0.1) is 39.5 Å². The molecule has 0 saturated heterocycles. The second-order valence-corrected chi connectivity index (χ2v) is 5.42. The van der Waals surface area contributed by atoms with E-state index in [1.165, 1.54) is 0 Å². The molecule has 0 spiro atoms. The van der Waals surface area contributed by atoms with Crippen molar-refractivity contribution in [1.82, 2.24) is 0 Å². The molecule has 21 heavy (non-hydrogen) atoms. The van der Waals surface area contributed by atoms with Crippen molar-refractivity contribution in [2.45, 2.75) is 49.7 Å². The molecular weight excluding hydrogens is 256 g/mol. The average molecular weight is 286 g/mol. The Labute approximate surface area is 131 Å². The van der Waals surface area contributed by atoms with Crippen molar-refractivity contribution < 1.29 is 4.74 Å². The summed E-state index contributed by atoms with van der Waals surface area (Å²) < 4.78 is 6.64. The van der Waals surface area contributed by atoms with Crippen molar-refractivity contribution in [1.29, 1.82) is 0 Å². The van der Waals surface area contributed by atoms with E-state index in [0.717, 1.165) is 38.5 Å². The maximum absolute atomic E-state index is 6.64. The predicted octanol–water partition coefficient (Wildman–Crippen LogP) is 5.94. The molecule has 0 aliphatic rings. The Kier molecular flexibility index (Phi) is 9.40. The smallest absolute Gasteiger partial charge is 0.0792 e. The maximum Gasteiger partial charge on any atom is 0.0792 e. The van der Waals surface area contributed by atoms with Crippen LogP contribution in [0.25, 0.3) is 0 Å². The third kappa shape index (κ3) is 6.14. The van der Waals surface area contributed by atoms with Gasteiger partial charge in [0.2, 0.25) is 0 Å². The topological polar surface area (TPSA) is 9.23 Å². The van der Waals surface area contributed by atoms with Crippen LogP contribution in [-0.4, -0.2) is 11.2 Å². The fourth-order valence-corrected chi connectivity index (χ4v) is 2.79. The minimum Gasteiger partial charge on any atom is -0.367 e. The summed E-state index contributed by atoms with van der Waals surface area (Å²) in [5, 5.41) is 0. The van der Waals surface area contributed by atoms with Gasteiger partial charge in [-0.1, -0.05) is 36.5 Å². The van der Waals surface area contributed by atoms with Crippen LogP contribution in [0.3, 0.4) is 0 Å². The lowest BCUT2D eigenvalue weighted by molar-refractivity contribution is -0.150. The molecule has 0 fully saturated rings. The molecule has 1 nitrogen and oxygen atoms in total. The standard InChI is InChI=1S/C20H30O/c1-7-13-19(14-8-2,15-9-3)21-20(16-10-4,17-11-5)18-12-6/h7-12H,1-6,13-18H2. The van der Waals surface area contributed by atoms with Crippen molar-refractivity contribution in [3.05, 3.63) is 75.9 Å². The predicted molar refractivity (Wildman–Crippen MR) is 95.4 cm³/mol. The van der Waals surface area contributed by atoms with Crippen LogP contribution in [0.2, 0.25) is 0 Å². The molecule has 0 bridgehead atoms. The van der Waals surface area contributed by atoms with Gasteiger partial charge in [0.1, 0.15) is 0 Å². The molecule has 1 heteroatoms. The fourth-order valence-electron chi connectivity index (χ4n) is 2.79. The van der Waals surface area contributed by atoms with Gasteiger partial charge in [0.15, 0.2) is 0 Å². The Morgan fingerprint density at radius 3 is 0.810 bits per heavy atom. The van der Waals surface area contributed by atoms with Crippen molar-refractivity contribution >= 4 is 0 Å². The summed E-state index contributed by atoms with van der Waals surface area (Å²) in [7, 11) is 0. The molecule has 0 N–H and O–H groups in total. The van der Waals surface area contributed by atoms with Crippen molar-refractivity contribution in [3.63, 3.8) is 0 Å². The Bertz CT molecular complexity index is 286. The highest BCUT2D eigenvalue weighted by molar-refractivity contribution is 5.04. The monoisotopic (exact) mass is 286 g/mol. The van der Waals surface area contributed by atoms with Gasteiger partial charge in [0.05, 0.1) is 11.2 Å². The first-order valence-electron chi connectivity index (χ1n) is 7.43. The molecule has 0 saturated carbocycles. The third-order valence-electron chi connectivity index (χ3n) is 3.53. The van der Waals surface area contributed by atoms with E-state index in [1.54, 1.807) is 0 Å². The summed E-state index contributed by atoms with van der Waals surface area (Å²) in [6, 6.07) is 0. The van der Waals surface area contributed by atoms with Gasteiger partial charge in [-0.25, -0.2) is 0 Å². The van der Waals surface area contributed by atoms with E-state index in [4.69, 9.17) is 4.74 Å². The summed E-state index contributed by atoms with van der Waals surface area (Å²) in [4.78, 5) is 0. The molecule has 0 rings (SSSR count). The van der Waals surface area contributed by atoms with Crippen LogP contribution in [0.4, 0.5) is 0 Å². The van der Waals surface area contributed by atoms with Crippen molar-refractivity contribution in [2.24, 2.45) is 0 Å². The van der Waals surface area contributed by atoms with Crippen LogP contribution in [0.5, 0.6) is 0 Å². The first kappa shape index (κ1) is 19.4. The summed E-state index contributed by atoms with van der Waals surface area (Å²) in [5.41, 5.74) is -0.722. The second kappa shape index (κ2) is 10.2. The number of ether oxygens (including phenoxy) is 1. The molecule has 0 radical (unpaired) electrons. The molecular formula is C20H30O. The van der Waals surface area contributed by atoms with Gasteiger partial charge in [-0.05, 0) is 38.5 Å². The van der Waals surface area contributed by atoms with Gasteiger partial charge in [0, 0.05) is 0 Å². The second-order valence-electron chi connectivity index (χ2n) is 5.42. The summed E-state index contributed by atoms with van der Waals surface area (Å²) >= 11 is 0. The summed E-state index contributed by atoms with van der Waals surface area (Å²) in [5.74, 6) is 0. The van der Waals surface area contributed by atoms with Gasteiger partial charge in [-0.2, -0.15) is 0 Å². The van der Waals surface area contributed by atoms with E-state index in [-0.39, 0.29) is 11.2 Å². The lowest BCUT2D eigenvalue weighted by atomic mass is 9.86. The number of hydrogen-bond donors (Lipinski definition) is 0. The first-order valence-corrected chi connectivity index (χ1v) is 7.43. The highest BCUT2D eigenvalue weighted by Gasteiger charge is 2.38. The van der Waals surface area contributed by atoms with Crippen LogP contribution in [0, 0.1) is 0 Å². The van der Waals surface area contributed by atoms with Gasteiger partial charge in [-0.3, -0.25) is 0 Å². The normalized spacial score (nSPS) is 11.4. The zero-order chi connectivity index (χ0) is 16.2. The SMILES string of the molecule is C=CCC(CC=C)(CC=C)OC(CC=C)(CC=C)CC=C. The highest BCUT2D eigenvalue weighted by Crippen LogP contribution is 2.38. The van der Waals surface area contributed by atoms with Crippen LogP contribution in [-0.2, 0) is 4.74 Å². The van der Waals surface area contributed by atoms with Crippen LogP contribution < -0.4 is 0 Å². The van der Waals surface area contributed by atoms with E-state index in [1.807, 2.05) is 36.5 Å². The Balaban J connectivity index is 5.60. The van der Waals surface area contributed by atoms with Crippen molar-refractivity contribution in [3.8, 4) is 0 Å². The molecule has 0 amide bonds. The van der Waals surface area contributed by atoms with Gasteiger partial charge < -0.3 is 4.74 Å². The third-order valence-corrected chi connectivity index (χ3v) is 3.53. The minimum absolute atomic E-state index is 0.361. The van der Waals surface area contributed by atoms with E-state index < -0.39 is 0 Å². The van der Waals surface area contributed by atoms with Crippen molar-refractivity contribution in [2.75, 3.05) is 0 Å². The van der Waals surface area contributed by atoms with Crippen LogP contribution in [0.1, 0.15) is 38.5 Å². The van der Waals surface area contributed by atoms with E-state index >= 15 is 0 Å². The van der Waals surface area contributed by atoms with Gasteiger partial charge in [0.25, 0.3) is 0 Å². The fraction of sp³-hybridized carbons (Fsp3) is 0.400. The van der Waals surface area contributed by atoms with Crippen LogP contribution in [0.15, 0.2) is 75.9 Å². The van der Waals surface area contributed by atoms with E-state index in [0.29, 0.717) is 0 Å². The lowest BCUT2D eigenvalue weighted by Crippen LogP contribution is -2.43. The molecule has 0 heterocycles. The lowest BCUT2D eigenvalue weighted by Gasteiger charge is -2.43. The first-order chi connectivity index (χ1) is 10.1. The Morgan fingerprint density at radius 2 is 0.667 bits per heavy atom. The maximum atomic E-state index is 6.64. The summed E-state index contributed by atoms with van der Waals surface area (Å²) in [6.45, 7) is 23.2. The molecule has 0 aliphatic carbocycles. The molecule has 0 atom stereocenters. The number of rotatable bonds is 14. The van der Waals surface area contributed by atoms with E-state index in [2.05, 4.69) is 39.5 Å². The zero-order valence-corrected chi connectivity index (χ0v) is 13.4. The Hall–Kier alpha value is -1.60. The minimum atomic E-state index is -0.361. The zero-order valence-electron chi connectivity index (χ0n) is 13.4. The highest BCUT2D eigenvalue weighted by atomic mass is 16.5.